The minimum Gasteiger partial charge on any atom is -0.508 e. The number of aryl methyl sites for hydroxylation is 1. The van der Waals surface area contributed by atoms with Gasteiger partial charge in [0.15, 0.2) is 0 Å². The van der Waals surface area contributed by atoms with Gasteiger partial charge >= 0.3 is 0 Å². The number of nitrogens with zero attached hydrogens (tertiary/aromatic N) is 4. The fourth-order valence-corrected chi connectivity index (χ4v) is 4.12. The molecule has 2 N–H and O–H groups in total. The van der Waals surface area contributed by atoms with Crippen LogP contribution in [0, 0.1) is 5.92 Å². The van der Waals surface area contributed by atoms with Gasteiger partial charge in [0, 0.05) is 39.3 Å². The Morgan fingerprint density at radius 2 is 2.07 bits per heavy atom. The fourth-order valence-electron chi connectivity index (χ4n) is 4.12. The van der Waals surface area contributed by atoms with Gasteiger partial charge in [0.2, 0.25) is 0 Å². The highest BCUT2D eigenvalue weighted by molar-refractivity contribution is 5.95. The van der Waals surface area contributed by atoms with Gasteiger partial charge in [0.1, 0.15) is 5.75 Å². The number of hydrogen-bond donors (Lipinski definition) is 2. The number of amides is 1. The first-order valence-corrected chi connectivity index (χ1v) is 10.1. The average molecular weight is 383 g/mol. The lowest BCUT2D eigenvalue weighted by atomic mass is 9.94. The van der Waals surface area contributed by atoms with Crippen LogP contribution in [-0.4, -0.2) is 70.4 Å². The van der Waals surface area contributed by atoms with Crippen LogP contribution in [0.25, 0.3) is 0 Å². The number of likely N-dealkylation sites (N-methyl/N-ethyl adjacent to an activating group) is 1. The summed E-state index contributed by atoms with van der Waals surface area (Å²) in [6.45, 7) is 5.92. The summed E-state index contributed by atoms with van der Waals surface area (Å²) in [4.78, 5) is 17.2. The second-order valence-corrected chi connectivity index (χ2v) is 7.98. The van der Waals surface area contributed by atoms with E-state index in [1.165, 1.54) is 0 Å². The van der Waals surface area contributed by atoms with E-state index in [1.54, 1.807) is 18.3 Å². The molecule has 1 saturated heterocycles. The Bertz CT molecular complexity index is 826. The van der Waals surface area contributed by atoms with Crippen LogP contribution in [0.15, 0.2) is 30.5 Å². The van der Waals surface area contributed by atoms with Gasteiger partial charge in [-0.25, -0.2) is 0 Å². The number of benzene rings is 1. The number of aromatic hydroxyl groups is 1. The Morgan fingerprint density at radius 3 is 2.86 bits per heavy atom. The maximum absolute atomic E-state index is 13.0. The van der Waals surface area contributed by atoms with Crippen molar-refractivity contribution in [2.45, 2.75) is 25.9 Å². The van der Waals surface area contributed by atoms with Crippen molar-refractivity contribution in [1.82, 2.24) is 24.9 Å². The molecule has 0 unspecified atom stereocenters. The monoisotopic (exact) mass is 383 g/mol. The molecule has 150 valence electrons. The van der Waals surface area contributed by atoms with Gasteiger partial charge in [0.25, 0.3) is 5.91 Å². The topological polar surface area (TPSA) is 73.6 Å². The summed E-state index contributed by atoms with van der Waals surface area (Å²) >= 11 is 0. The standard InChI is InChI=1S/C21H29N5O2/c1-24-7-9-25(10-8-24)21(28)19-15-23-26-6-5-17(12-20(19)26)14-22-13-16-3-2-4-18(27)11-16/h2-4,11,15,17,22,27H,5-10,12-14H2,1H3/t17-/m0/s1. The first-order chi connectivity index (χ1) is 13.6. The Labute approximate surface area is 165 Å². The molecule has 1 aromatic carbocycles. The van der Waals surface area contributed by atoms with E-state index in [4.69, 9.17) is 0 Å². The first-order valence-electron chi connectivity index (χ1n) is 10.1. The second kappa shape index (κ2) is 8.32. The van der Waals surface area contributed by atoms with E-state index < -0.39 is 0 Å². The molecular formula is C21H29N5O2. The summed E-state index contributed by atoms with van der Waals surface area (Å²) in [7, 11) is 2.10. The first kappa shape index (κ1) is 19.0. The minimum absolute atomic E-state index is 0.128. The van der Waals surface area contributed by atoms with Crippen LogP contribution in [0.1, 0.15) is 28.0 Å². The lowest BCUT2D eigenvalue weighted by molar-refractivity contribution is 0.0662. The van der Waals surface area contributed by atoms with Gasteiger partial charge in [-0.05, 0) is 50.0 Å². The molecule has 7 heteroatoms. The molecule has 1 amide bonds. The maximum Gasteiger partial charge on any atom is 0.257 e. The maximum atomic E-state index is 13.0. The van der Waals surface area contributed by atoms with Gasteiger partial charge in [-0.2, -0.15) is 5.10 Å². The summed E-state index contributed by atoms with van der Waals surface area (Å²) in [5, 5.41) is 17.5. The molecule has 2 aromatic rings. The van der Waals surface area contributed by atoms with Crippen molar-refractivity contribution in [2.75, 3.05) is 39.8 Å². The molecule has 1 aromatic heterocycles. The summed E-state index contributed by atoms with van der Waals surface area (Å²) in [6.07, 6.45) is 3.70. The zero-order valence-corrected chi connectivity index (χ0v) is 16.5. The smallest absolute Gasteiger partial charge is 0.257 e. The van der Waals surface area contributed by atoms with Gasteiger partial charge in [-0.15, -0.1) is 0 Å². The molecule has 1 fully saturated rings. The normalized spacial score (nSPS) is 20.2. The van der Waals surface area contributed by atoms with Gasteiger partial charge < -0.3 is 20.2 Å². The number of carbonyl (C=O) groups is 1. The zero-order chi connectivity index (χ0) is 19.5. The summed E-state index contributed by atoms with van der Waals surface area (Å²) < 4.78 is 2.01. The molecular weight excluding hydrogens is 354 g/mol. The Kier molecular flexibility index (Phi) is 5.64. The number of phenolic OH excluding ortho intramolecular Hbond substituents is 1. The highest BCUT2D eigenvalue weighted by atomic mass is 16.3. The largest absolute Gasteiger partial charge is 0.508 e. The van der Waals surface area contributed by atoms with Crippen molar-refractivity contribution >= 4 is 5.91 Å². The molecule has 1 atom stereocenters. The molecule has 4 rings (SSSR count). The molecule has 2 aliphatic heterocycles. The van der Waals surface area contributed by atoms with Gasteiger partial charge in [0.05, 0.1) is 17.5 Å². The van der Waals surface area contributed by atoms with E-state index in [0.29, 0.717) is 11.7 Å². The van der Waals surface area contributed by atoms with Crippen LogP contribution in [-0.2, 0) is 19.5 Å². The van der Waals surface area contributed by atoms with Crippen molar-refractivity contribution in [3.63, 3.8) is 0 Å². The third-order valence-electron chi connectivity index (χ3n) is 5.87. The summed E-state index contributed by atoms with van der Waals surface area (Å²) in [5.74, 6) is 0.913. The number of fused-ring (bicyclic) bond motifs is 1. The molecule has 0 spiro atoms. The highest BCUT2D eigenvalue weighted by Crippen LogP contribution is 2.24. The van der Waals surface area contributed by atoms with E-state index >= 15 is 0 Å². The third-order valence-corrected chi connectivity index (χ3v) is 5.87. The Morgan fingerprint density at radius 1 is 1.25 bits per heavy atom. The number of phenols is 1. The molecule has 0 radical (unpaired) electrons. The molecule has 28 heavy (non-hydrogen) atoms. The van der Waals surface area contributed by atoms with Crippen LogP contribution in [0.5, 0.6) is 5.75 Å². The summed E-state index contributed by atoms with van der Waals surface area (Å²) in [6, 6.07) is 7.34. The fraction of sp³-hybridized carbons (Fsp3) is 0.524. The molecule has 3 heterocycles. The van der Waals surface area contributed by atoms with E-state index in [2.05, 4.69) is 22.4 Å². The molecule has 0 saturated carbocycles. The van der Waals surface area contributed by atoms with Crippen molar-refractivity contribution in [3.05, 3.63) is 47.3 Å². The van der Waals surface area contributed by atoms with Crippen molar-refractivity contribution in [2.24, 2.45) is 5.92 Å². The van der Waals surface area contributed by atoms with Gasteiger partial charge in [-0.3, -0.25) is 9.48 Å². The number of piperazine rings is 1. The summed E-state index contributed by atoms with van der Waals surface area (Å²) in [5.41, 5.74) is 2.94. The quantitative estimate of drug-likeness (QED) is 0.815. The Hall–Kier alpha value is -2.38. The SMILES string of the molecule is CN1CCN(C(=O)c2cnn3c2C[C@@H](CNCc2cccc(O)c2)CC3)CC1. The van der Waals surface area contributed by atoms with Crippen LogP contribution >= 0.6 is 0 Å². The van der Waals surface area contributed by atoms with Crippen LogP contribution in [0.3, 0.4) is 0 Å². The van der Waals surface area contributed by atoms with Crippen molar-refractivity contribution in [3.8, 4) is 5.75 Å². The number of hydrogen-bond acceptors (Lipinski definition) is 5. The minimum atomic E-state index is 0.128. The number of nitrogens with one attached hydrogen (secondary N) is 1. The van der Waals surface area contributed by atoms with E-state index in [1.807, 2.05) is 21.7 Å². The average Bonchev–Trinajstić information content (AvgIpc) is 3.11. The number of rotatable bonds is 5. The second-order valence-electron chi connectivity index (χ2n) is 7.98. The van der Waals surface area contributed by atoms with Crippen LogP contribution in [0.4, 0.5) is 0 Å². The molecule has 0 aliphatic carbocycles. The molecule has 2 aliphatic rings. The van der Waals surface area contributed by atoms with Crippen LogP contribution < -0.4 is 5.32 Å². The predicted molar refractivity (Wildman–Crippen MR) is 107 cm³/mol. The third kappa shape index (κ3) is 4.20. The molecule has 7 nitrogen and oxygen atoms in total. The predicted octanol–water partition coefficient (Wildman–Crippen LogP) is 1.33. The van der Waals surface area contributed by atoms with Gasteiger partial charge in [-0.1, -0.05) is 12.1 Å². The zero-order valence-electron chi connectivity index (χ0n) is 16.5. The molecule has 0 bridgehead atoms. The van der Waals surface area contributed by atoms with Crippen molar-refractivity contribution in [1.29, 1.82) is 0 Å². The lowest BCUT2D eigenvalue weighted by Gasteiger charge is -2.32. The van der Waals surface area contributed by atoms with E-state index in [-0.39, 0.29) is 5.91 Å². The Balaban J connectivity index is 1.35. The number of carbonyl (C=O) groups excluding carboxylic acids is 1. The van der Waals surface area contributed by atoms with E-state index in [0.717, 1.165) is 75.5 Å². The van der Waals surface area contributed by atoms with Crippen molar-refractivity contribution < 1.29 is 9.90 Å². The lowest BCUT2D eigenvalue weighted by Crippen LogP contribution is -2.47. The van der Waals surface area contributed by atoms with Crippen LogP contribution in [0.2, 0.25) is 0 Å². The van der Waals surface area contributed by atoms with E-state index in [9.17, 15) is 9.90 Å². The highest BCUT2D eigenvalue weighted by Gasteiger charge is 2.28. The number of aromatic nitrogens is 2.